The fourth-order valence-electron chi connectivity index (χ4n) is 2.44. The van der Waals surface area contributed by atoms with E-state index in [9.17, 15) is 4.79 Å². The van der Waals surface area contributed by atoms with E-state index in [4.69, 9.17) is 4.74 Å². The molecule has 148 valence electrons. The summed E-state index contributed by atoms with van der Waals surface area (Å²) < 4.78 is 5.68. The molecule has 0 aromatic heterocycles. The molecule has 0 radical (unpaired) electrons. The van der Waals surface area contributed by atoms with Gasteiger partial charge in [0.15, 0.2) is 0 Å². The molecule has 0 spiro atoms. The molecule has 2 aromatic rings. The fourth-order valence-corrected chi connectivity index (χ4v) is 2.44. The summed E-state index contributed by atoms with van der Waals surface area (Å²) in [5.74, 6) is 0. The molecule has 0 bridgehead atoms. The minimum absolute atomic E-state index is 0. The smallest absolute Gasteiger partial charge is 0.490 e. The summed E-state index contributed by atoms with van der Waals surface area (Å²) in [6.45, 7) is 10.2. The molecule has 2 aromatic carbocycles. The van der Waals surface area contributed by atoms with Gasteiger partial charge in [-0.05, 0) is 31.2 Å². The molecule has 4 nitrogen and oxygen atoms in total. The summed E-state index contributed by atoms with van der Waals surface area (Å²) in [4.78, 5) is 10.2. The van der Waals surface area contributed by atoms with Gasteiger partial charge in [0.05, 0.1) is 6.41 Å². The Morgan fingerprint density at radius 3 is 1.82 bits per heavy atom. The Kier molecular flexibility index (Phi) is 17.7. The molecule has 1 amide bonds. The summed E-state index contributed by atoms with van der Waals surface area (Å²) >= 11 is 0. The van der Waals surface area contributed by atoms with E-state index in [-0.39, 0.29) is 18.9 Å². The summed E-state index contributed by atoms with van der Waals surface area (Å²) in [7, 11) is 0. The van der Waals surface area contributed by atoms with Gasteiger partial charge in [-0.2, -0.15) is 0 Å². The first kappa shape index (κ1) is 26.4. The summed E-state index contributed by atoms with van der Waals surface area (Å²) in [6, 6.07) is 18.3. The predicted octanol–water partition coefficient (Wildman–Crippen LogP) is 0.996. The van der Waals surface area contributed by atoms with Crippen LogP contribution in [-0.4, -0.2) is 32.7 Å². The van der Waals surface area contributed by atoms with E-state index in [1.54, 1.807) is 6.41 Å². The van der Waals surface area contributed by atoms with Crippen LogP contribution in [0, 0.1) is 13.8 Å². The van der Waals surface area contributed by atoms with E-state index in [1.807, 2.05) is 30.3 Å². The standard InChI is InChI=1S/C19H22NO2.C4H9N.Li/c21-16-20-19-12-10-18(11-13-19)9-5-15-22-14-4-8-17-6-2-1-3-7-17;1-3-5-4-2;/h1-3,6-7,10-13H,4-5,8-9,14-15H2,(H,20,21);5H,1-4H2;/q-1;-2;+1. The van der Waals surface area contributed by atoms with Crippen LogP contribution in [0.25, 0.3) is 0 Å². The second kappa shape index (κ2) is 18.8. The van der Waals surface area contributed by atoms with E-state index < -0.39 is 0 Å². The molecule has 0 saturated heterocycles. The molecule has 0 aliphatic carbocycles. The zero-order valence-corrected chi connectivity index (χ0v) is 17.1. The van der Waals surface area contributed by atoms with Crippen molar-refractivity contribution in [1.82, 2.24) is 5.32 Å². The fraction of sp³-hybridized carbons (Fsp3) is 0.348. The minimum atomic E-state index is 0. The van der Waals surface area contributed by atoms with Gasteiger partial charge in [0.25, 0.3) is 0 Å². The van der Waals surface area contributed by atoms with Crippen molar-refractivity contribution >= 4 is 12.1 Å². The molecule has 0 atom stereocenters. The molecule has 0 aliphatic rings. The maximum absolute atomic E-state index is 10.2. The number of benzene rings is 2. The quantitative estimate of drug-likeness (QED) is 0.252. The van der Waals surface area contributed by atoms with Crippen molar-refractivity contribution in [2.45, 2.75) is 25.7 Å². The summed E-state index contributed by atoms with van der Waals surface area (Å²) in [5.41, 5.74) is 3.40. The van der Waals surface area contributed by atoms with E-state index in [2.05, 4.69) is 48.7 Å². The number of hydrogen-bond donors (Lipinski definition) is 2. The number of anilines is 1. The van der Waals surface area contributed by atoms with Crippen LogP contribution in [-0.2, 0) is 22.4 Å². The average molecular weight is 374 g/mol. The zero-order valence-electron chi connectivity index (χ0n) is 17.1. The topological polar surface area (TPSA) is 50.4 Å². The normalized spacial score (nSPS) is 9.64. The van der Waals surface area contributed by atoms with E-state index in [0.717, 1.165) is 57.7 Å². The number of nitrogens with one attached hydrogen (secondary N) is 2. The van der Waals surface area contributed by atoms with Gasteiger partial charge in [-0.15, -0.1) is 30.9 Å². The first-order valence-electron chi connectivity index (χ1n) is 9.43. The number of amides is 1. The molecule has 2 rings (SSSR count). The van der Waals surface area contributed by atoms with Gasteiger partial charge in [-0.25, -0.2) is 0 Å². The molecule has 5 heteroatoms. The van der Waals surface area contributed by atoms with Crippen molar-refractivity contribution in [3.05, 3.63) is 79.6 Å². The van der Waals surface area contributed by atoms with Crippen LogP contribution in [0.4, 0.5) is 5.69 Å². The van der Waals surface area contributed by atoms with Gasteiger partial charge in [-0.3, -0.25) is 0 Å². The Bertz CT molecular complexity index is 589. The number of aryl methyl sites for hydroxylation is 2. The van der Waals surface area contributed by atoms with Gasteiger partial charge in [0, 0.05) is 13.2 Å². The van der Waals surface area contributed by atoms with E-state index >= 15 is 0 Å². The average Bonchev–Trinajstić information content (AvgIpc) is 2.71. The van der Waals surface area contributed by atoms with Crippen LogP contribution in [0.1, 0.15) is 24.0 Å². The largest absolute Gasteiger partial charge is 1.00 e. The van der Waals surface area contributed by atoms with Crippen LogP contribution < -0.4 is 29.5 Å². The molecule has 0 unspecified atom stereocenters. The van der Waals surface area contributed by atoms with Crippen LogP contribution >= 0.6 is 0 Å². The predicted molar refractivity (Wildman–Crippen MR) is 113 cm³/mol. The summed E-state index contributed by atoms with van der Waals surface area (Å²) in [6.07, 6.45) is 5.80. The molecule has 28 heavy (non-hydrogen) atoms. The molecule has 0 fully saturated rings. The molecular formula is C23H31LiN2O2-2. The minimum Gasteiger partial charge on any atom is -0.490 e. The molecular weight excluding hydrogens is 343 g/mol. The summed E-state index contributed by atoms with van der Waals surface area (Å²) in [5, 5.41) is 5.40. The first-order chi connectivity index (χ1) is 13.3. The van der Waals surface area contributed by atoms with Gasteiger partial charge < -0.3 is 34.0 Å². The van der Waals surface area contributed by atoms with Gasteiger partial charge >= 0.3 is 18.9 Å². The van der Waals surface area contributed by atoms with Crippen molar-refractivity contribution in [3.8, 4) is 0 Å². The SMILES string of the molecule is O=[C-]Nc1ccc(CCCOCCCc2ccccc2)cc1.[CH2-]CNC[CH2-].[Li+]. The number of rotatable bonds is 12. The Morgan fingerprint density at radius 1 is 0.821 bits per heavy atom. The Labute approximate surface area is 182 Å². The van der Waals surface area contributed by atoms with Crippen molar-refractivity contribution in [1.29, 1.82) is 0 Å². The van der Waals surface area contributed by atoms with Crippen molar-refractivity contribution < 1.29 is 28.4 Å². The number of ether oxygens (including phenoxy) is 1. The van der Waals surface area contributed by atoms with Gasteiger partial charge in [-0.1, -0.05) is 48.0 Å². The van der Waals surface area contributed by atoms with Crippen molar-refractivity contribution in [3.63, 3.8) is 0 Å². The van der Waals surface area contributed by atoms with Gasteiger partial charge in [0.2, 0.25) is 0 Å². The molecule has 0 saturated carbocycles. The molecule has 0 aliphatic heterocycles. The third-order valence-electron chi connectivity index (χ3n) is 3.85. The second-order valence-electron chi connectivity index (χ2n) is 5.98. The third kappa shape index (κ3) is 13.6. The Morgan fingerprint density at radius 2 is 1.36 bits per heavy atom. The van der Waals surface area contributed by atoms with Crippen molar-refractivity contribution in [2.24, 2.45) is 0 Å². The molecule has 2 N–H and O–H groups in total. The third-order valence-corrected chi connectivity index (χ3v) is 3.85. The van der Waals surface area contributed by atoms with Crippen LogP contribution in [0.3, 0.4) is 0 Å². The Hall–Kier alpha value is -1.57. The van der Waals surface area contributed by atoms with Crippen LogP contribution in [0.15, 0.2) is 54.6 Å². The Balaban J connectivity index is 0.00000108. The molecule has 0 heterocycles. The number of hydrogen-bond acceptors (Lipinski definition) is 3. The van der Waals surface area contributed by atoms with Crippen molar-refractivity contribution in [2.75, 3.05) is 31.6 Å². The first-order valence-corrected chi connectivity index (χ1v) is 9.43. The van der Waals surface area contributed by atoms with E-state index in [0.29, 0.717) is 0 Å². The zero-order chi connectivity index (χ0) is 19.6. The van der Waals surface area contributed by atoms with E-state index in [1.165, 1.54) is 11.1 Å². The second-order valence-corrected chi connectivity index (χ2v) is 5.98. The number of carbonyl (C=O) groups excluding carboxylic acids is 1. The maximum Gasteiger partial charge on any atom is 1.00 e. The maximum atomic E-state index is 10.2. The van der Waals surface area contributed by atoms with Crippen LogP contribution in [0.2, 0.25) is 0 Å². The van der Waals surface area contributed by atoms with Gasteiger partial charge in [0.1, 0.15) is 0 Å². The monoisotopic (exact) mass is 374 g/mol. The van der Waals surface area contributed by atoms with Crippen LogP contribution in [0.5, 0.6) is 0 Å².